The van der Waals surface area contributed by atoms with E-state index in [9.17, 15) is 9.59 Å². The Kier molecular flexibility index (Phi) is 4.36. The topological polar surface area (TPSA) is 56.3 Å². The number of carbonyl (C=O) groups excluding carboxylic acids is 2. The number of ether oxygens (including phenoxy) is 1. The summed E-state index contributed by atoms with van der Waals surface area (Å²) in [5.74, 6) is 0.127. The summed E-state index contributed by atoms with van der Waals surface area (Å²) in [6.07, 6.45) is 3.33. The average molecular weight is 336 g/mol. The summed E-state index contributed by atoms with van der Waals surface area (Å²) in [5, 5.41) is 0. The van der Waals surface area contributed by atoms with Crippen molar-refractivity contribution in [2.24, 2.45) is 0 Å². The molecule has 0 aromatic heterocycles. The molecule has 0 saturated carbocycles. The van der Waals surface area contributed by atoms with Gasteiger partial charge >= 0.3 is 6.09 Å². The van der Waals surface area contributed by atoms with Crippen LogP contribution in [0.3, 0.4) is 0 Å². The highest BCUT2D eigenvalue weighted by Gasteiger charge is 2.41. The Morgan fingerprint density at radius 1 is 1.25 bits per heavy atom. The summed E-state index contributed by atoms with van der Waals surface area (Å²) < 4.78 is 5.43. The Morgan fingerprint density at radius 2 is 1.92 bits per heavy atom. The Bertz CT molecular complexity index is 547. The van der Waals surface area contributed by atoms with Gasteiger partial charge in [0, 0.05) is 31.9 Å². The molecule has 0 aromatic rings. The molecular formula is C17H28N4O3. The van der Waals surface area contributed by atoms with Crippen LogP contribution in [0.25, 0.3) is 0 Å². The molecule has 3 aliphatic heterocycles. The van der Waals surface area contributed by atoms with Gasteiger partial charge in [0.25, 0.3) is 5.91 Å². The molecule has 3 aliphatic rings. The second-order valence-corrected chi connectivity index (χ2v) is 7.72. The van der Waals surface area contributed by atoms with E-state index in [0.717, 1.165) is 31.8 Å². The van der Waals surface area contributed by atoms with Crippen LogP contribution in [0, 0.1) is 0 Å². The van der Waals surface area contributed by atoms with Crippen molar-refractivity contribution in [2.45, 2.75) is 52.2 Å². The third-order valence-corrected chi connectivity index (χ3v) is 4.76. The molecule has 2 fully saturated rings. The molecule has 3 heterocycles. The van der Waals surface area contributed by atoms with Crippen LogP contribution in [0.4, 0.5) is 4.79 Å². The SMILES string of the molecule is CCN1C=C2C(=O)N(C3CCN(C(=O)OC(C)(C)C)CC3)CN2C1. The molecule has 0 radical (unpaired) electrons. The lowest BCUT2D eigenvalue weighted by Gasteiger charge is -2.37. The van der Waals surface area contributed by atoms with E-state index in [4.69, 9.17) is 4.74 Å². The van der Waals surface area contributed by atoms with E-state index in [1.807, 2.05) is 31.9 Å². The molecule has 0 N–H and O–H groups in total. The standard InChI is InChI=1S/C17H28N4O3/c1-5-18-10-14-15(22)21(12-20(14)11-18)13-6-8-19(9-7-13)16(23)24-17(2,3)4/h10,13H,5-9,11-12H2,1-4H3. The van der Waals surface area contributed by atoms with Crippen LogP contribution in [0.2, 0.25) is 0 Å². The number of likely N-dealkylation sites (tertiary alicyclic amines) is 1. The molecular weight excluding hydrogens is 308 g/mol. The molecule has 2 saturated heterocycles. The number of nitrogens with zero attached hydrogens (tertiary/aromatic N) is 4. The van der Waals surface area contributed by atoms with Gasteiger partial charge in [0.15, 0.2) is 0 Å². The first-order chi connectivity index (χ1) is 11.3. The Hall–Kier alpha value is -1.92. The van der Waals surface area contributed by atoms with Gasteiger partial charge < -0.3 is 24.3 Å². The van der Waals surface area contributed by atoms with E-state index in [1.54, 1.807) is 4.90 Å². The fraction of sp³-hybridized carbons (Fsp3) is 0.765. The summed E-state index contributed by atoms with van der Waals surface area (Å²) in [6, 6.07) is 0.206. The van der Waals surface area contributed by atoms with E-state index in [2.05, 4.69) is 16.7 Å². The fourth-order valence-corrected chi connectivity index (χ4v) is 3.46. The zero-order valence-corrected chi connectivity index (χ0v) is 15.1. The minimum absolute atomic E-state index is 0.127. The predicted octanol–water partition coefficient (Wildman–Crippen LogP) is 1.62. The van der Waals surface area contributed by atoms with Gasteiger partial charge in [0.05, 0.1) is 13.3 Å². The largest absolute Gasteiger partial charge is 0.444 e. The summed E-state index contributed by atoms with van der Waals surface area (Å²) in [4.78, 5) is 32.8. The normalized spacial score (nSPS) is 22.2. The van der Waals surface area contributed by atoms with Crippen molar-refractivity contribution in [3.05, 3.63) is 11.9 Å². The van der Waals surface area contributed by atoms with Gasteiger partial charge in [0.1, 0.15) is 11.3 Å². The van der Waals surface area contributed by atoms with Crippen molar-refractivity contribution in [3.8, 4) is 0 Å². The molecule has 24 heavy (non-hydrogen) atoms. The first kappa shape index (κ1) is 16.9. The van der Waals surface area contributed by atoms with Crippen LogP contribution in [0.5, 0.6) is 0 Å². The van der Waals surface area contributed by atoms with Crippen molar-refractivity contribution in [3.63, 3.8) is 0 Å². The van der Waals surface area contributed by atoms with E-state index in [1.165, 1.54) is 0 Å². The molecule has 134 valence electrons. The highest BCUT2D eigenvalue weighted by atomic mass is 16.6. The number of hydrogen-bond donors (Lipinski definition) is 0. The molecule has 0 unspecified atom stereocenters. The second-order valence-electron chi connectivity index (χ2n) is 7.72. The van der Waals surface area contributed by atoms with E-state index in [-0.39, 0.29) is 18.0 Å². The average Bonchev–Trinajstić information content (AvgIpc) is 3.05. The number of carbonyl (C=O) groups is 2. The quantitative estimate of drug-likeness (QED) is 0.767. The van der Waals surface area contributed by atoms with Crippen LogP contribution in [0.1, 0.15) is 40.5 Å². The lowest BCUT2D eigenvalue weighted by Crippen LogP contribution is -2.49. The number of piperidine rings is 1. The lowest BCUT2D eigenvalue weighted by molar-refractivity contribution is -0.127. The van der Waals surface area contributed by atoms with Crippen molar-refractivity contribution in [1.82, 2.24) is 19.6 Å². The van der Waals surface area contributed by atoms with Gasteiger partial charge in [-0.15, -0.1) is 0 Å². The molecule has 0 bridgehead atoms. The molecule has 7 nitrogen and oxygen atoms in total. The Labute approximate surface area is 143 Å². The number of fused-ring (bicyclic) bond motifs is 1. The summed E-state index contributed by atoms with van der Waals surface area (Å²) >= 11 is 0. The summed E-state index contributed by atoms with van der Waals surface area (Å²) in [7, 11) is 0. The third-order valence-electron chi connectivity index (χ3n) is 4.76. The van der Waals surface area contributed by atoms with Crippen molar-refractivity contribution >= 4 is 12.0 Å². The van der Waals surface area contributed by atoms with E-state index < -0.39 is 5.60 Å². The Morgan fingerprint density at radius 3 is 2.46 bits per heavy atom. The van der Waals surface area contributed by atoms with Gasteiger partial charge in [-0.25, -0.2) is 4.79 Å². The maximum atomic E-state index is 12.6. The van der Waals surface area contributed by atoms with Crippen molar-refractivity contribution in [1.29, 1.82) is 0 Å². The fourth-order valence-electron chi connectivity index (χ4n) is 3.46. The van der Waals surface area contributed by atoms with Gasteiger partial charge in [-0.2, -0.15) is 0 Å². The van der Waals surface area contributed by atoms with Crippen LogP contribution in [0.15, 0.2) is 11.9 Å². The van der Waals surface area contributed by atoms with E-state index in [0.29, 0.717) is 19.8 Å². The maximum absolute atomic E-state index is 12.6. The first-order valence-corrected chi connectivity index (χ1v) is 8.78. The van der Waals surface area contributed by atoms with Crippen molar-refractivity contribution in [2.75, 3.05) is 33.0 Å². The monoisotopic (exact) mass is 336 g/mol. The van der Waals surface area contributed by atoms with Gasteiger partial charge in [0.2, 0.25) is 0 Å². The smallest absolute Gasteiger partial charge is 0.410 e. The Balaban J connectivity index is 1.55. The molecule has 0 atom stereocenters. The number of rotatable bonds is 2. The van der Waals surface area contributed by atoms with E-state index >= 15 is 0 Å². The molecule has 0 aromatic carbocycles. The van der Waals surface area contributed by atoms with Crippen LogP contribution in [-0.2, 0) is 9.53 Å². The highest BCUT2D eigenvalue weighted by molar-refractivity contribution is 5.95. The highest BCUT2D eigenvalue weighted by Crippen LogP contribution is 2.29. The predicted molar refractivity (Wildman–Crippen MR) is 89.7 cm³/mol. The van der Waals surface area contributed by atoms with Gasteiger partial charge in [-0.3, -0.25) is 4.79 Å². The van der Waals surface area contributed by atoms with Gasteiger partial charge in [-0.1, -0.05) is 0 Å². The summed E-state index contributed by atoms with van der Waals surface area (Å²) in [6.45, 7) is 11.4. The molecule has 3 rings (SSSR count). The zero-order chi connectivity index (χ0) is 17.5. The second kappa shape index (κ2) is 6.18. The molecule has 0 spiro atoms. The van der Waals surface area contributed by atoms with Crippen LogP contribution in [-0.4, -0.2) is 76.2 Å². The number of amides is 2. The zero-order valence-electron chi connectivity index (χ0n) is 15.1. The number of hydrogen-bond acceptors (Lipinski definition) is 5. The van der Waals surface area contributed by atoms with Crippen molar-refractivity contribution < 1.29 is 14.3 Å². The lowest BCUT2D eigenvalue weighted by atomic mass is 10.0. The molecule has 7 heteroatoms. The van der Waals surface area contributed by atoms with Crippen LogP contribution >= 0.6 is 0 Å². The molecule has 2 amide bonds. The summed E-state index contributed by atoms with van der Waals surface area (Å²) in [5.41, 5.74) is 0.340. The molecule has 0 aliphatic carbocycles. The minimum atomic E-state index is -0.471. The third kappa shape index (κ3) is 3.30. The van der Waals surface area contributed by atoms with Gasteiger partial charge in [-0.05, 0) is 40.5 Å². The first-order valence-electron chi connectivity index (χ1n) is 8.78. The maximum Gasteiger partial charge on any atom is 0.410 e. The minimum Gasteiger partial charge on any atom is -0.444 e. The van der Waals surface area contributed by atoms with Crippen LogP contribution < -0.4 is 0 Å².